The molecule has 0 fully saturated rings. The predicted octanol–water partition coefficient (Wildman–Crippen LogP) is 0.732. The number of nitrogens with zero attached hydrogens (tertiary/aromatic N) is 1. The van der Waals surface area contributed by atoms with Crippen LogP contribution >= 0.6 is 0 Å². The fourth-order valence-electron chi connectivity index (χ4n) is 1.54. The summed E-state index contributed by atoms with van der Waals surface area (Å²) in [5, 5.41) is 7.41. The van der Waals surface area contributed by atoms with Crippen molar-refractivity contribution in [3.63, 3.8) is 0 Å². The number of nitrogens with one attached hydrogen (secondary N) is 1. The standard InChI is InChI=1S/C14H23N3O4/c1-11-9-12(14(15)16)10-13(17-11)21-8-7-20-6-5-19-4-3-18-2/h9-10H,3-8H2,1-2H3,(H3,15,16). The summed E-state index contributed by atoms with van der Waals surface area (Å²) in [7, 11) is 1.63. The molecule has 1 rings (SSSR count). The van der Waals surface area contributed by atoms with Crippen LogP contribution in [-0.2, 0) is 14.2 Å². The van der Waals surface area contributed by atoms with Crippen molar-refractivity contribution in [2.75, 3.05) is 46.8 Å². The van der Waals surface area contributed by atoms with Crippen molar-refractivity contribution in [2.24, 2.45) is 5.73 Å². The summed E-state index contributed by atoms with van der Waals surface area (Å²) in [6.07, 6.45) is 0. The minimum atomic E-state index is -0.00481. The maximum atomic E-state index is 7.41. The summed E-state index contributed by atoms with van der Waals surface area (Å²) in [4.78, 5) is 4.22. The summed E-state index contributed by atoms with van der Waals surface area (Å²) in [6, 6.07) is 3.38. The predicted molar refractivity (Wildman–Crippen MR) is 79.0 cm³/mol. The highest BCUT2D eigenvalue weighted by molar-refractivity contribution is 5.95. The molecule has 1 aromatic heterocycles. The molecule has 21 heavy (non-hydrogen) atoms. The van der Waals surface area contributed by atoms with Crippen molar-refractivity contribution in [1.82, 2.24) is 4.98 Å². The van der Waals surface area contributed by atoms with Crippen LogP contribution in [-0.4, -0.2) is 57.6 Å². The number of aryl methyl sites for hydroxylation is 1. The van der Waals surface area contributed by atoms with E-state index in [0.29, 0.717) is 51.1 Å². The highest BCUT2D eigenvalue weighted by atomic mass is 16.6. The molecular weight excluding hydrogens is 274 g/mol. The lowest BCUT2D eigenvalue weighted by Gasteiger charge is -2.09. The Morgan fingerprint density at radius 1 is 1.10 bits per heavy atom. The van der Waals surface area contributed by atoms with Crippen molar-refractivity contribution < 1.29 is 18.9 Å². The Morgan fingerprint density at radius 2 is 1.71 bits per heavy atom. The summed E-state index contributed by atoms with van der Waals surface area (Å²) in [5.41, 5.74) is 6.80. The van der Waals surface area contributed by atoms with E-state index in [2.05, 4.69) is 4.98 Å². The molecule has 3 N–H and O–H groups in total. The van der Waals surface area contributed by atoms with Gasteiger partial charge < -0.3 is 24.7 Å². The van der Waals surface area contributed by atoms with Crippen LogP contribution < -0.4 is 10.5 Å². The lowest BCUT2D eigenvalue weighted by molar-refractivity contribution is 0.0176. The quantitative estimate of drug-likeness (QED) is 0.355. The molecule has 0 radical (unpaired) electrons. The van der Waals surface area contributed by atoms with E-state index in [-0.39, 0.29) is 5.84 Å². The van der Waals surface area contributed by atoms with Crippen LogP contribution in [0.3, 0.4) is 0 Å². The van der Waals surface area contributed by atoms with Crippen LogP contribution in [0, 0.1) is 12.3 Å². The Kier molecular flexibility index (Phi) is 8.34. The first-order valence-electron chi connectivity index (χ1n) is 6.74. The first kappa shape index (κ1) is 17.4. The van der Waals surface area contributed by atoms with Crippen molar-refractivity contribution in [2.45, 2.75) is 6.92 Å². The van der Waals surface area contributed by atoms with Crippen LogP contribution in [0.4, 0.5) is 0 Å². The van der Waals surface area contributed by atoms with Gasteiger partial charge in [-0.3, -0.25) is 5.41 Å². The van der Waals surface area contributed by atoms with E-state index in [4.69, 9.17) is 30.1 Å². The second kappa shape index (κ2) is 10.1. The molecule has 0 aliphatic carbocycles. The van der Waals surface area contributed by atoms with Gasteiger partial charge in [-0.1, -0.05) is 0 Å². The van der Waals surface area contributed by atoms with Gasteiger partial charge >= 0.3 is 0 Å². The molecule has 0 aliphatic heterocycles. The molecule has 0 unspecified atom stereocenters. The molecule has 0 saturated carbocycles. The molecule has 0 bridgehead atoms. The van der Waals surface area contributed by atoms with Gasteiger partial charge in [0.25, 0.3) is 0 Å². The summed E-state index contributed by atoms with van der Waals surface area (Å²) in [5.74, 6) is 0.440. The van der Waals surface area contributed by atoms with Crippen LogP contribution in [0.2, 0.25) is 0 Å². The topological polar surface area (TPSA) is 99.7 Å². The smallest absolute Gasteiger partial charge is 0.214 e. The molecular formula is C14H23N3O4. The van der Waals surface area contributed by atoms with E-state index in [9.17, 15) is 0 Å². The number of pyridine rings is 1. The van der Waals surface area contributed by atoms with Gasteiger partial charge in [-0.15, -0.1) is 0 Å². The summed E-state index contributed by atoms with van der Waals surface area (Å²) in [6.45, 7) is 4.84. The van der Waals surface area contributed by atoms with Gasteiger partial charge in [0, 0.05) is 24.4 Å². The maximum absolute atomic E-state index is 7.41. The number of aromatic nitrogens is 1. The Hall–Kier alpha value is -1.70. The van der Waals surface area contributed by atoms with Crippen LogP contribution in [0.15, 0.2) is 12.1 Å². The second-order valence-corrected chi connectivity index (χ2v) is 4.32. The zero-order chi connectivity index (χ0) is 15.5. The monoisotopic (exact) mass is 297 g/mol. The van der Waals surface area contributed by atoms with Gasteiger partial charge in [0.15, 0.2) is 0 Å². The number of amidine groups is 1. The fraction of sp³-hybridized carbons (Fsp3) is 0.571. The zero-order valence-electron chi connectivity index (χ0n) is 12.6. The number of nitrogens with two attached hydrogens (primary N) is 1. The van der Waals surface area contributed by atoms with Crippen LogP contribution in [0.5, 0.6) is 5.88 Å². The number of nitrogen functional groups attached to an aromatic ring is 1. The van der Waals surface area contributed by atoms with Crippen LogP contribution in [0.25, 0.3) is 0 Å². The van der Waals surface area contributed by atoms with Gasteiger partial charge in [-0.2, -0.15) is 0 Å². The first-order valence-corrected chi connectivity index (χ1v) is 6.74. The van der Waals surface area contributed by atoms with E-state index in [1.807, 2.05) is 6.92 Å². The average molecular weight is 297 g/mol. The van der Waals surface area contributed by atoms with Crippen molar-refractivity contribution >= 4 is 5.84 Å². The Bertz CT molecular complexity index is 440. The highest BCUT2D eigenvalue weighted by Crippen LogP contribution is 2.11. The Balaban J connectivity index is 2.17. The first-order chi connectivity index (χ1) is 10.1. The number of rotatable bonds is 11. The van der Waals surface area contributed by atoms with Crippen molar-refractivity contribution in [1.29, 1.82) is 5.41 Å². The maximum Gasteiger partial charge on any atom is 0.214 e. The third kappa shape index (κ3) is 7.60. The molecule has 0 aromatic carbocycles. The number of hydrogen-bond acceptors (Lipinski definition) is 6. The lowest BCUT2D eigenvalue weighted by atomic mass is 10.2. The molecule has 0 spiro atoms. The van der Waals surface area contributed by atoms with Crippen molar-refractivity contribution in [3.8, 4) is 5.88 Å². The highest BCUT2D eigenvalue weighted by Gasteiger charge is 2.03. The second-order valence-electron chi connectivity index (χ2n) is 4.32. The molecule has 1 aromatic rings. The van der Waals surface area contributed by atoms with Gasteiger partial charge in [-0.25, -0.2) is 4.98 Å². The molecule has 0 atom stereocenters. The number of methoxy groups -OCH3 is 1. The Morgan fingerprint density at radius 3 is 2.33 bits per heavy atom. The largest absolute Gasteiger partial charge is 0.475 e. The minimum absolute atomic E-state index is 0.00481. The third-order valence-electron chi connectivity index (χ3n) is 2.52. The molecule has 7 nitrogen and oxygen atoms in total. The van der Waals surface area contributed by atoms with Gasteiger partial charge in [0.05, 0.1) is 33.0 Å². The lowest BCUT2D eigenvalue weighted by Crippen LogP contribution is -2.14. The number of ether oxygens (including phenoxy) is 4. The van der Waals surface area contributed by atoms with E-state index in [0.717, 1.165) is 5.69 Å². The summed E-state index contributed by atoms with van der Waals surface area (Å²) >= 11 is 0. The average Bonchev–Trinajstić information content (AvgIpc) is 2.45. The normalized spacial score (nSPS) is 10.6. The van der Waals surface area contributed by atoms with Crippen molar-refractivity contribution in [3.05, 3.63) is 23.4 Å². The molecule has 7 heteroatoms. The van der Waals surface area contributed by atoms with E-state index in [1.54, 1.807) is 19.2 Å². The molecule has 0 saturated heterocycles. The van der Waals surface area contributed by atoms with E-state index < -0.39 is 0 Å². The van der Waals surface area contributed by atoms with Gasteiger partial charge in [-0.05, 0) is 13.0 Å². The SMILES string of the molecule is COCCOCCOCCOc1cc(C(=N)N)cc(C)n1. The Labute approximate surface area is 124 Å². The zero-order valence-corrected chi connectivity index (χ0v) is 12.6. The molecule has 1 heterocycles. The molecule has 0 amide bonds. The van der Waals surface area contributed by atoms with E-state index >= 15 is 0 Å². The third-order valence-corrected chi connectivity index (χ3v) is 2.52. The summed E-state index contributed by atoms with van der Waals surface area (Å²) < 4.78 is 20.9. The molecule has 118 valence electrons. The molecule has 0 aliphatic rings. The van der Waals surface area contributed by atoms with Gasteiger partial charge in [0.1, 0.15) is 12.4 Å². The van der Waals surface area contributed by atoms with Gasteiger partial charge in [0.2, 0.25) is 5.88 Å². The van der Waals surface area contributed by atoms with Crippen LogP contribution in [0.1, 0.15) is 11.3 Å². The minimum Gasteiger partial charge on any atom is -0.475 e. The van der Waals surface area contributed by atoms with E-state index in [1.165, 1.54) is 0 Å². The number of hydrogen-bond donors (Lipinski definition) is 2. The fourth-order valence-corrected chi connectivity index (χ4v) is 1.54.